The van der Waals surface area contributed by atoms with Crippen molar-refractivity contribution in [3.05, 3.63) is 0 Å². The van der Waals surface area contributed by atoms with Crippen LogP contribution < -0.4 is 0 Å². The Hall–Kier alpha value is -0.513. The van der Waals surface area contributed by atoms with Gasteiger partial charge in [0.15, 0.2) is 14.9 Å². The van der Waals surface area contributed by atoms with Crippen molar-refractivity contribution in [2.75, 3.05) is 28.2 Å². The molecule has 4 heteroatoms. The zero-order valence-electron chi connectivity index (χ0n) is 8.42. The van der Waals surface area contributed by atoms with E-state index in [4.69, 9.17) is 0 Å². The first-order valence-electron chi connectivity index (χ1n) is 3.87. The molecule has 0 aliphatic carbocycles. The van der Waals surface area contributed by atoms with Gasteiger partial charge in [0.1, 0.15) is 0 Å². The van der Waals surface area contributed by atoms with Crippen LogP contribution in [-0.2, 0) is 0 Å². The molecule has 0 spiro atoms. The van der Waals surface area contributed by atoms with Gasteiger partial charge in [-0.15, -0.1) is 0 Å². The summed E-state index contributed by atoms with van der Waals surface area (Å²) in [5, 5.41) is 0. The third kappa shape index (κ3) is 4.03. The minimum absolute atomic E-state index is 0.836. The van der Waals surface area contributed by atoms with E-state index in [2.05, 4.69) is 17.8 Å². The highest BCUT2D eigenvalue weighted by Gasteiger charge is 2.04. The summed E-state index contributed by atoms with van der Waals surface area (Å²) in [6.07, 6.45) is 0. The van der Waals surface area contributed by atoms with E-state index in [0.717, 1.165) is 5.96 Å². The fourth-order valence-electron chi connectivity index (χ4n) is 0.862. The first-order chi connectivity index (χ1) is 4.95. The molecule has 66 valence electrons. The summed E-state index contributed by atoms with van der Waals surface area (Å²) in [5.41, 5.74) is 0. The Morgan fingerprint density at radius 2 is 1.36 bits per heavy atom. The van der Waals surface area contributed by atoms with Crippen LogP contribution in [0.5, 0.6) is 0 Å². The smallest absolute Gasteiger partial charge is 0.185 e. The van der Waals surface area contributed by atoms with E-state index in [0.29, 0.717) is 0 Å². The minimum atomic E-state index is -0.836. The molecule has 0 saturated carbocycles. The van der Waals surface area contributed by atoms with Crippen molar-refractivity contribution >= 4 is 14.9 Å². The van der Waals surface area contributed by atoms with E-state index < -0.39 is 8.96 Å². The quantitative estimate of drug-likeness (QED) is 0.326. The molecule has 0 unspecified atom stereocenters. The molecule has 0 rings (SSSR count). The third-order valence-corrected chi connectivity index (χ3v) is 1.92. The third-order valence-electron chi connectivity index (χ3n) is 1.17. The van der Waals surface area contributed by atoms with Gasteiger partial charge in [-0.2, -0.15) is 0 Å². The largest absolute Gasteiger partial charge is 0.350 e. The van der Waals surface area contributed by atoms with E-state index in [-0.39, 0.29) is 0 Å². The number of guanidine groups is 1. The lowest BCUT2D eigenvalue weighted by Gasteiger charge is -2.23. The van der Waals surface area contributed by atoms with Gasteiger partial charge < -0.3 is 9.80 Å². The number of rotatable bonds is 1. The molecular weight excluding hydrogens is 154 g/mol. The maximum Gasteiger partial charge on any atom is 0.185 e. The fourth-order valence-corrected chi connectivity index (χ4v) is 1.79. The van der Waals surface area contributed by atoms with Gasteiger partial charge in [-0.3, -0.25) is 4.66 Å². The molecule has 0 aliphatic heterocycles. The predicted molar refractivity (Wildman–Crippen MR) is 53.7 cm³/mol. The Morgan fingerprint density at radius 3 is 1.45 bits per heavy atom. The molecule has 0 radical (unpaired) electrons. The van der Waals surface area contributed by atoms with Crippen LogP contribution >= 0.6 is 0 Å². The van der Waals surface area contributed by atoms with Crippen LogP contribution in [0.2, 0.25) is 13.1 Å². The van der Waals surface area contributed by atoms with Crippen LogP contribution in [0.25, 0.3) is 0 Å². The van der Waals surface area contributed by atoms with E-state index in [9.17, 15) is 0 Å². The van der Waals surface area contributed by atoms with Crippen LogP contribution in [0.1, 0.15) is 0 Å². The molecule has 3 nitrogen and oxygen atoms in total. The van der Waals surface area contributed by atoms with Crippen molar-refractivity contribution in [1.29, 1.82) is 0 Å². The van der Waals surface area contributed by atoms with Gasteiger partial charge in [0.2, 0.25) is 0 Å². The molecule has 0 aromatic rings. The Morgan fingerprint density at radius 1 is 1.00 bits per heavy atom. The van der Waals surface area contributed by atoms with Crippen molar-refractivity contribution in [1.82, 2.24) is 9.80 Å². The summed E-state index contributed by atoms with van der Waals surface area (Å²) in [4.78, 5) is 4.10. The molecule has 0 heterocycles. The van der Waals surface area contributed by atoms with Crippen LogP contribution in [0.4, 0.5) is 0 Å². The topological polar surface area (TPSA) is 18.8 Å². The zero-order valence-corrected chi connectivity index (χ0v) is 9.57. The van der Waals surface area contributed by atoms with Crippen molar-refractivity contribution in [3.63, 3.8) is 0 Å². The van der Waals surface area contributed by atoms with Gasteiger partial charge in [-0.1, -0.05) is 13.1 Å². The zero-order chi connectivity index (χ0) is 9.02. The Balaban J connectivity index is 4.33. The molecule has 0 bridgehead atoms. The summed E-state index contributed by atoms with van der Waals surface area (Å²) < 4.78 is 4.58. The molecule has 0 atom stereocenters. The standard InChI is InChI=1S/C7H19N3Si/c1-9(2)7(10(3)4)8-11(5)6/h11H,1-6H3. The molecular formula is C7H19N3Si. The minimum Gasteiger partial charge on any atom is -0.350 e. The van der Waals surface area contributed by atoms with Crippen LogP contribution in [-0.4, -0.2) is 52.9 Å². The molecule has 11 heavy (non-hydrogen) atoms. The Kier molecular flexibility index (Phi) is 4.18. The van der Waals surface area contributed by atoms with Gasteiger partial charge in [-0.05, 0) is 0 Å². The normalized spacial score (nSPS) is 9.73. The van der Waals surface area contributed by atoms with Gasteiger partial charge in [0.05, 0.1) is 0 Å². The van der Waals surface area contributed by atoms with E-state index in [1.807, 2.05) is 38.0 Å². The number of nitrogens with zero attached hydrogens (tertiary/aromatic N) is 3. The van der Waals surface area contributed by atoms with Crippen molar-refractivity contribution in [2.24, 2.45) is 4.66 Å². The highest BCUT2D eigenvalue weighted by atomic mass is 28.3. The number of hydrogen-bond acceptors (Lipinski definition) is 1. The molecule has 0 N–H and O–H groups in total. The highest BCUT2D eigenvalue weighted by molar-refractivity contribution is 6.55. The molecule has 0 aliphatic rings. The van der Waals surface area contributed by atoms with Gasteiger partial charge in [0.25, 0.3) is 0 Å². The lowest BCUT2D eigenvalue weighted by atomic mass is 10.7. The first kappa shape index (κ1) is 10.5. The fraction of sp³-hybridized carbons (Fsp3) is 0.857. The molecule has 0 aromatic heterocycles. The maximum atomic E-state index is 4.58. The molecule has 0 aromatic carbocycles. The summed E-state index contributed by atoms with van der Waals surface area (Å²) in [7, 11) is 7.26. The molecule has 0 amide bonds. The Labute approximate surface area is 71.4 Å². The molecule has 0 fully saturated rings. The number of hydrogen-bond donors (Lipinski definition) is 0. The van der Waals surface area contributed by atoms with Gasteiger partial charge >= 0.3 is 0 Å². The lowest BCUT2D eigenvalue weighted by molar-refractivity contribution is 0.485. The summed E-state index contributed by atoms with van der Waals surface area (Å²) in [5.74, 6) is 1.08. The average molecular weight is 173 g/mol. The average Bonchev–Trinajstić information content (AvgIpc) is 1.81. The highest BCUT2D eigenvalue weighted by Crippen LogP contribution is 1.91. The van der Waals surface area contributed by atoms with Crippen LogP contribution in [0.3, 0.4) is 0 Å². The van der Waals surface area contributed by atoms with Crippen molar-refractivity contribution in [3.8, 4) is 0 Å². The predicted octanol–water partition coefficient (Wildman–Crippen LogP) is 0.449. The summed E-state index contributed by atoms with van der Waals surface area (Å²) >= 11 is 0. The van der Waals surface area contributed by atoms with E-state index in [1.165, 1.54) is 0 Å². The van der Waals surface area contributed by atoms with E-state index >= 15 is 0 Å². The van der Waals surface area contributed by atoms with Gasteiger partial charge in [0, 0.05) is 28.2 Å². The van der Waals surface area contributed by atoms with Crippen LogP contribution in [0.15, 0.2) is 4.66 Å². The second kappa shape index (κ2) is 4.38. The first-order valence-corrected chi connectivity index (χ1v) is 6.70. The maximum absolute atomic E-state index is 4.58. The summed E-state index contributed by atoms with van der Waals surface area (Å²) in [6.45, 7) is 4.43. The lowest BCUT2D eigenvalue weighted by Crippen LogP contribution is -2.36. The van der Waals surface area contributed by atoms with E-state index in [1.54, 1.807) is 0 Å². The second-order valence-electron chi connectivity index (χ2n) is 3.31. The Bertz CT molecular complexity index is 131. The second-order valence-corrected chi connectivity index (χ2v) is 5.76. The molecule has 0 saturated heterocycles. The van der Waals surface area contributed by atoms with Crippen molar-refractivity contribution in [2.45, 2.75) is 13.1 Å². The van der Waals surface area contributed by atoms with Crippen molar-refractivity contribution < 1.29 is 0 Å². The summed E-state index contributed by atoms with van der Waals surface area (Å²) in [6, 6.07) is 0. The monoisotopic (exact) mass is 173 g/mol. The van der Waals surface area contributed by atoms with Gasteiger partial charge in [-0.25, -0.2) is 0 Å². The van der Waals surface area contributed by atoms with Crippen LogP contribution in [0, 0.1) is 0 Å². The SMILES string of the molecule is CN(C)C(=N[SiH](C)C)N(C)C.